The average Bonchev–Trinajstić information content (AvgIpc) is 1.97. The Kier molecular flexibility index (Phi) is 4.90. The van der Waals surface area contributed by atoms with Gasteiger partial charge in [-0.3, -0.25) is 9.98 Å². The zero-order valence-corrected chi connectivity index (χ0v) is 12.3. The van der Waals surface area contributed by atoms with Crippen LogP contribution in [0.2, 0.25) is 0 Å². The summed E-state index contributed by atoms with van der Waals surface area (Å²) in [5.74, 6) is 0. The van der Waals surface area contributed by atoms with E-state index in [0.29, 0.717) is 0 Å². The molecule has 0 aliphatic heterocycles. The van der Waals surface area contributed by atoms with Gasteiger partial charge in [0.1, 0.15) is 0 Å². The number of nitrogens with zero attached hydrogens (tertiary/aromatic N) is 2. The molecule has 0 aliphatic carbocycles. The second kappa shape index (κ2) is 5.11. The predicted molar refractivity (Wildman–Crippen MR) is 74.8 cm³/mol. The normalized spacial score (nSPS) is 15.2. The first-order valence-corrected chi connectivity index (χ1v) is 5.99. The lowest BCUT2D eigenvalue weighted by molar-refractivity contribution is 0.516. The second-order valence-corrected chi connectivity index (χ2v) is 7.27. The summed E-state index contributed by atoms with van der Waals surface area (Å²) in [6.07, 6.45) is 4.04. The molecule has 0 bridgehead atoms. The summed E-state index contributed by atoms with van der Waals surface area (Å²) >= 11 is 0. The van der Waals surface area contributed by atoms with Gasteiger partial charge in [0, 0.05) is 12.4 Å². The Balaban J connectivity index is 4.37. The first-order valence-electron chi connectivity index (χ1n) is 5.99. The third-order valence-corrected chi connectivity index (χ3v) is 1.76. The topological polar surface area (TPSA) is 24.7 Å². The molecule has 0 radical (unpaired) electrons. The van der Waals surface area contributed by atoms with Gasteiger partial charge in [-0.05, 0) is 24.7 Å². The van der Waals surface area contributed by atoms with Crippen LogP contribution in [0.5, 0.6) is 0 Å². The predicted octanol–water partition coefficient (Wildman–Crippen LogP) is 4.00. The molecule has 0 heterocycles. The van der Waals surface area contributed by atoms with Crippen LogP contribution < -0.4 is 0 Å². The molecule has 0 spiro atoms. The van der Waals surface area contributed by atoms with Crippen molar-refractivity contribution in [1.29, 1.82) is 0 Å². The Labute approximate surface area is 101 Å². The fourth-order valence-electron chi connectivity index (χ4n) is 0.952. The molecule has 0 fully saturated rings. The number of rotatable bonds is 3. The van der Waals surface area contributed by atoms with Crippen LogP contribution in [0.3, 0.4) is 0 Å². The molecular formula is C14H28N2. The largest absolute Gasteiger partial charge is 0.294 e. The van der Waals surface area contributed by atoms with Crippen LogP contribution in [0.1, 0.15) is 55.4 Å². The van der Waals surface area contributed by atoms with Crippen LogP contribution in [0.25, 0.3) is 0 Å². The summed E-state index contributed by atoms with van der Waals surface area (Å²) in [6, 6.07) is 0. The van der Waals surface area contributed by atoms with E-state index in [2.05, 4.69) is 65.4 Å². The molecular weight excluding hydrogens is 196 g/mol. The van der Waals surface area contributed by atoms with E-state index in [4.69, 9.17) is 0 Å². The van der Waals surface area contributed by atoms with Gasteiger partial charge in [-0.15, -0.1) is 0 Å². The fourth-order valence-corrected chi connectivity index (χ4v) is 0.952. The summed E-state index contributed by atoms with van der Waals surface area (Å²) in [6.45, 7) is 17.9. The van der Waals surface area contributed by atoms with Gasteiger partial charge < -0.3 is 0 Å². The summed E-state index contributed by atoms with van der Waals surface area (Å²) in [4.78, 5) is 9.08. The highest BCUT2D eigenvalue weighted by Crippen LogP contribution is 2.15. The summed E-state index contributed by atoms with van der Waals surface area (Å²) in [5, 5.41) is 0. The Bertz CT molecular complexity index is 259. The van der Waals surface area contributed by atoms with E-state index in [0.717, 1.165) is 6.54 Å². The highest BCUT2D eigenvalue weighted by atomic mass is 14.9. The number of hydrogen-bond acceptors (Lipinski definition) is 2. The van der Waals surface area contributed by atoms with Gasteiger partial charge in [-0.25, -0.2) is 0 Å². The molecule has 0 amide bonds. The van der Waals surface area contributed by atoms with Crippen molar-refractivity contribution in [2.24, 2.45) is 20.8 Å². The molecule has 16 heavy (non-hydrogen) atoms. The smallest absolute Gasteiger partial charge is 0.0742 e. The molecule has 0 atom stereocenters. The molecule has 94 valence electrons. The van der Waals surface area contributed by atoms with Gasteiger partial charge in [-0.2, -0.15) is 0 Å². The van der Waals surface area contributed by atoms with Gasteiger partial charge >= 0.3 is 0 Å². The molecule has 2 heteroatoms. The Morgan fingerprint density at radius 3 is 1.56 bits per heavy atom. The molecule has 2 nitrogen and oxygen atoms in total. The van der Waals surface area contributed by atoms with E-state index < -0.39 is 0 Å². The van der Waals surface area contributed by atoms with Crippen molar-refractivity contribution in [3.8, 4) is 0 Å². The van der Waals surface area contributed by atoms with Crippen LogP contribution in [0.4, 0.5) is 0 Å². The van der Waals surface area contributed by atoms with E-state index in [1.807, 2.05) is 12.4 Å². The van der Waals surface area contributed by atoms with E-state index in [1.165, 1.54) is 0 Å². The molecule has 0 unspecified atom stereocenters. The van der Waals surface area contributed by atoms with Gasteiger partial charge in [0.25, 0.3) is 0 Å². The van der Waals surface area contributed by atoms with Crippen molar-refractivity contribution in [2.45, 2.75) is 60.9 Å². The van der Waals surface area contributed by atoms with Crippen LogP contribution in [0, 0.1) is 10.8 Å². The quantitative estimate of drug-likeness (QED) is 0.647. The van der Waals surface area contributed by atoms with Crippen molar-refractivity contribution < 1.29 is 0 Å². The average molecular weight is 224 g/mol. The number of aliphatic imine (C=N–C) groups is 2. The SMILES string of the molecule is CC(C)(C)C=NCC(C)(C)N=CC(C)(C)C. The van der Waals surface area contributed by atoms with Crippen molar-refractivity contribution in [2.75, 3.05) is 6.54 Å². The highest BCUT2D eigenvalue weighted by molar-refractivity contribution is 5.65. The molecule has 0 aliphatic rings. The minimum Gasteiger partial charge on any atom is -0.294 e. The lowest BCUT2D eigenvalue weighted by Gasteiger charge is -2.20. The zero-order chi connectivity index (χ0) is 13.0. The van der Waals surface area contributed by atoms with Crippen molar-refractivity contribution in [1.82, 2.24) is 0 Å². The van der Waals surface area contributed by atoms with Crippen LogP contribution >= 0.6 is 0 Å². The van der Waals surface area contributed by atoms with E-state index in [1.54, 1.807) is 0 Å². The molecule has 0 N–H and O–H groups in total. The maximum Gasteiger partial charge on any atom is 0.0742 e. The van der Waals surface area contributed by atoms with Crippen molar-refractivity contribution in [3.05, 3.63) is 0 Å². The lowest BCUT2D eigenvalue weighted by atomic mass is 9.97. The van der Waals surface area contributed by atoms with Gasteiger partial charge in [0.05, 0.1) is 12.1 Å². The van der Waals surface area contributed by atoms with Crippen molar-refractivity contribution in [3.63, 3.8) is 0 Å². The second-order valence-electron chi connectivity index (χ2n) is 7.27. The molecule has 0 aromatic carbocycles. The maximum atomic E-state index is 4.61. The van der Waals surface area contributed by atoms with Crippen LogP contribution in [-0.4, -0.2) is 24.5 Å². The Morgan fingerprint density at radius 1 is 0.750 bits per heavy atom. The van der Waals surface area contributed by atoms with Gasteiger partial charge in [0.15, 0.2) is 0 Å². The summed E-state index contributed by atoms with van der Waals surface area (Å²) in [5.41, 5.74) is 0.198. The fraction of sp³-hybridized carbons (Fsp3) is 0.857. The Morgan fingerprint density at radius 2 is 1.19 bits per heavy atom. The number of hydrogen-bond donors (Lipinski definition) is 0. The van der Waals surface area contributed by atoms with Crippen LogP contribution in [0.15, 0.2) is 9.98 Å². The zero-order valence-electron chi connectivity index (χ0n) is 12.3. The van der Waals surface area contributed by atoms with Crippen LogP contribution in [-0.2, 0) is 0 Å². The minimum atomic E-state index is -0.102. The van der Waals surface area contributed by atoms with E-state index in [-0.39, 0.29) is 16.4 Å². The molecule has 0 saturated heterocycles. The monoisotopic (exact) mass is 224 g/mol. The van der Waals surface area contributed by atoms with Crippen molar-refractivity contribution >= 4 is 12.4 Å². The highest BCUT2D eigenvalue weighted by Gasteiger charge is 2.16. The van der Waals surface area contributed by atoms with Gasteiger partial charge in [0.2, 0.25) is 0 Å². The molecule has 0 aromatic heterocycles. The maximum absolute atomic E-state index is 4.61. The Hall–Kier alpha value is -0.660. The first kappa shape index (κ1) is 15.3. The molecule has 0 saturated carbocycles. The summed E-state index contributed by atoms with van der Waals surface area (Å²) in [7, 11) is 0. The molecule has 0 aromatic rings. The lowest BCUT2D eigenvalue weighted by Crippen LogP contribution is -2.24. The first-order chi connectivity index (χ1) is 6.91. The summed E-state index contributed by atoms with van der Waals surface area (Å²) < 4.78 is 0. The van der Waals surface area contributed by atoms with E-state index >= 15 is 0 Å². The standard InChI is InChI=1S/C14H28N2/c1-12(2,3)9-15-11-14(7,8)16-10-13(4,5)6/h9-10H,11H2,1-8H3. The molecule has 0 rings (SSSR count). The third kappa shape index (κ3) is 9.88. The minimum absolute atomic E-state index is 0.102. The third-order valence-electron chi connectivity index (χ3n) is 1.76. The van der Waals surface area contributed by atoms with Gasteiger partial charge in [-0.1, -0.05) is 41.5 Å². The van der Waals surface area contributed by atoms with E-state index in [9.17, 15) is 0 Å².